The third-order valence-electron chi connectivity index (χ3n) is 4.82. The van der Waals surface area contributed by atoms with Crippen LogP contribution in [0.15, 0.2) is 0 Å². The van der Waals surface area contributed by atoms with Gasteiger partial charge in [-0.3, -0.25) is 4.79 Å². The number of piperidine rings is 1. The van der Waals surface area contributed by atoms with Crippen LogP contribution in [-0.4, -0.2) is 25.0 Å². The standard InChI is InChI=1S/C13H22N2O.ClH/c1-8-7-14-6-5-11(8)15-13(16)12-9-3-2-4-10(9)12;/h8-12,14H,2-7H2,1H3,(H,15,16);1H. The zero-order chi connectivity index (χ0) is 11.1. The van der Waals surface area contributed by atoms with Crippen LogP contribution >= 0.6 is 12.4 Å². The minimum Gasteiger partial charge on any atom is -0.353 e. The van der Waals surface area contributed by atoms with E-state index in [0.717, 1.165) is 31.3 Å². The molecule has 1 heterocycles. The molecule has 0 aromatic rings. The van der Waals surface area contributed by atoms with Gasteiger partial charge in [-0.2, -0.15) is 0 Å². The summed E-state index contributed by atoms with van der Waals surface area (Å²) in [7, 11) is 0. The monoisotopic (exact) mass is 258 g/mol. The molecule has 2 aliphatic carbocycles. The highest BCUT2D eigenvalue weighted by atomic mass is 35.5. The lowest BCUT2D eigenvalue weighted by atomic mass is 9.95. The number of hydrogen-bond acceptors (Lipinski definition) is 2. The fourth-order valence-corrected chi connectivity index (χ4v) is 3.72. The molecule has 3 rings (SSSR count). The van der Waals surface area contributed by atoms with E-state index in [2.05, 4.69) is 17.6 Å². The van der Waals surface area contributed by atoms with Crippen LogP contribution in [0.1, 0.15) is 32.6 Å². The number of nitrogens with one attached hydrogen (secondary N) is 2. The van der Waals surface area contributed by atoms with Gasteiger partial charge in [-0.15, -0.1) is 12.4 Å². The number of rotatable bonds is 2. The van der Waals surface area contributed by atoms with Gasteiger partial charge in [0.25, 0.3) is 0 Å². The van der Waals surface area contributed by atoms with Crippen LogP contribution in [0.2, 0.25) is 0 Å². The number of hydrogen-bond donors (Lipinski definition) is 2. The molecule has 2 N–H and O–H groups in total. The zero-order valence-electron chi connectivity index (χ0n) is 10.4. The van der Waals surface area contributed by atoms with E-state index in [0.29, 0.717) is 23.8 Å². The molecule has 1 amide bonds. The summed E-state index contributed by atoms with van der Waals surface area (Å²) < 4.78 is 0. The normalized spacial score (nSPS) is 43.5. The highest BCUT2D eigenvalue weighted by molar-refractivity contribution is 5.85. The highest BCUT2D eigenvalue weighted by Crippen LogP contribution is 2.57. The molecule has 17 heavy (non-hydrogen) atoms. The second kappa shape index (κ2) is 5.15. The SMILES string of the molecule is CC1CNCCC1NC(=O)C1C2CCCC21.Cl. The summed E-state index contributed by atoms with van der Waals surface area (Å²) in [6.45, 7) is 4.32. The molecule has 1 aliphatic heterocycles. The molecule has 3 fully saturated rings. The smallest absolute Gasteiger partial charge is 0.223 e. The van der Waals surface area contributed by atoms with E-state index in [1.54, 1.807) is 0 Å². The first-order valence-electron chi connectivity index (χ1n) is 6.78. The molecule has 3 nitrogen and oxygen atoms in total. The fourth-order valence-electron chi connectivity index (χ4n) is 3.72. The van der Waals surface area contributed by atoms with E-state index in [9.17, 15) is 4.79 Å². The van der Waals surface area contributed by atoms with Crippen LogP contribution in [0, 0.1) is 23.7 Å². The van der Waals surface area contributed by atoms with Crippen LogP contribution in [0.3, 0.4) is 0 Å². The molecule has 1 saturated heterocycles. The summed E-state index contributed by atoms with van der Waals surface area (Å²) >= 11 is 0. The zero-order valence-corrected chi connectivity index (χ0v) is 11.3. The summed E-state index contributed by atoms with van der Waals surface area (Å²) in [6.07, 6.45) is 5.03. The van der Waals surface area contributed by atoms with E-state index >= 15 is 0 Å². The van der Waals surface area contributed by atoms with E-state index in [1.165, 1.54) is 19.3 Å². The number of amides is 1. The molecule has 4 atom stereocenters. The lowest BCUT2D eigenvalue weighted by Crippen LogP contribution is -2.49. The van der Waals surface area contributed by atoms with Crippen LogP contribution in [0.4, 0.5) is 0 Å². The quantitative estimate of drug-likeness (QED) is 0.790. The fraction of sp³-hybridized carbons (Fsp3) is 0.923. The second-order valence-corrected chi connectivity index (χ2v) is 5.87. The van der Waals surface area contributed by atoms with Crippen LogP contribution in [0.25, 0.3) is 0 Å². The van der Waals surface area contributed by atoms with Crippen molar-refractivity contribution in [2.75, 3.05) is 13.1 Å². The highest BCUT2D eigenvalue weighted by Gasteiger charge is 2.56. The van der Waals surface area contributed by atoms with Gasteiger partial charge in [0.1, 0.15) is 0 Å². The van der Waals surface area contributed by atoms with E-state index < -0.39 is 0 Å². The van der Waals surface area contributed by atoms with Crippen LogP contribution in [0.5, 0.6) is 0 Å². The summed E-state index contributed by atoms with van der Waals surface area (Å²) in [4.78, 5) is 12.1. The Kier molecular flexibility index (Phi) is 3.99. The minimum atomic E-state index is 0. The molecule has 0 bridgehead atoms. The third kappa shape index (κ3) is 2.45. The maximum absolute atomic E-state index is 12.1. The maximum Gasteiger partial charge on any atom is 0.223 e. The Morgan fingerprint density at radius 2 is 1.94 bits per heavy atom. The lowest BCUT2D eigenvalue weighted by Gasteiger charge is -2.30. The Morgan fingerprint density at radius 1 is 1.24 bits per heavy atom. The van der Waals surface area contributed by atoms with Gasteiger partial charge in [0.15, 0.2) is 0 Å². The van der Waals surface area contributed by atoms with Crippen molar-refractivity contribution in [1.82, 2.24) is 10.6 Å². The third-order valence-corrected chi connectivity index (χ3v) is 4.82. The second-order valence-electron chi connectivity index (χ2n) is 5.87. The number of fused-ring (bicyclic) bond motifs is 1. The molecule has 4 heteroatoms. The Balaban J connectivity index is 0.00000108. The van der Waals surface area contributed by atoms with Gasteiger partial charge in [0, 0.05) is 12.0 Å². The van der Waals surface area contributed by atoms with Crippen molar-refractivity contribution >= 4 is 18.3 Å². The van der Waals surface area contributed by atoms with Gasteiger partial charge in [-0.1, -0.05) is 13.3 Å². The average molecular weight is 259 g/mol. The molecule has 3 aliphatic rings. The van der Waals surface area contributed by atoms with E-state index in [4.69, 9.17) is 0 Å². The average Bonchev–Trinajstić information content (AvgIpc) is 2.76. The first-order chi connectivity index (χ1) is 7.77. The Hall–Kier alpha value is -0.280. The molecular formula is C13H23ClN2O. The van der Waals surface area contributed by atoms with Gasteiger partial charge in [0.05, 0.1) is 0 Å². The van der Waals surface area contributed by atoms with Gasteiger partial charge in [-0.25, -0.2) is 0 Å². The van der Waals surface area contributed by atoms with Crippen LogP contribution in [-0.2, 0) is 4.79 Å². The minimum absolute atomic E-state index is 0. The van der Waals surface area contributed by atoms with Crippen molar-refractivity contribution in [3.8, 4) is 0 Å². The summed E-state index contributed by atoms with van der Waals surface area (Å²) in [6, 6.07) is 0.412. The number of halogens is 1. The largest absolute Gasteiger partial charge is 0.353 e. The van der Waals surface area contributed by atoms with Crippen molar-refractivity contribution in [2.45, 2.75) is 38.6 Å². The topological polar surface area (TPSA) is 41.1 Å². The van der Waals surface area contributed by atoms with E-state index in [-0.39, 0.29) is 12.4 Å². The Labute approximate surface area is 110 Å². The first kappa shape index (κ1) is 13.2. The Morgan fingerprint density at radius 3 is 2.59 bits per heavy atom. The molecule has 98 valence electrons. The van der Waals surface area contributed by atoms with Crippen molar-refractivity contribution in [2.24, 2.45) is 23.7 Å². The van der Waals surface area contributed by atoms with Gasteiger partial charge in [-0.05, 0) is 50.1 Å². The number of carbonyl (C=O) groups is 1. The predicted molar refractivity (Wildman–Crippen MR) is 70.2 cm³/mol. The molecule has 0 aromatic carbocycles. The van der Waals surface area contributed by atoms with Crippen molar-refractivity contribution < 1.29 is 4.79 Å². The van der Waals surface area contributed by atoms with Crippen molar-refractivity contribution in [3.63, 3.8) is 0 Å². The molecule has 4 unspecified atom stereocenters. The Bertz CT molecular complexity index is 287. The van der Waals surface area contributed by atoms with Crippen molar-refractivity contribution in [1.29, 1.82) is 0 Å². The molecule has 0 radical (unpaired) electrons. The van der Waals surface area contributed by atoms with Crippen molar-refractivity contribution in [3.05, 3.63) is 0 Å². The summed E-state index contributed by atoms with van der Waals surface area (Å²) in [5.41, 5.74) is 0. The van der Waals surface area contributed by atoms with Gasteiger partial charge in [0.2, 0.25) is 5.91 Å². The molecular weight excluding hydrogens is 236 g/mol. The van der Waals surface area contributed by atoms with E-state index in [1.807, 2.05) is 0 Å². The van der Waals surface area contributed by atoms with Crippen LogP contribution < -0.4 is 10.6 Å². The predicted octanol–water partition coefficient (Wildman–Crippen LogP) is 1.57. The summed E-state index contributed by atoms with van der Waals surface area (Å²) in [5, 5.41) is 6.65. The van der Waals surface area contributed by atoms with Gasteiger partial charge < -0.3 is 10.6 Å². The first-order valence-corrected chi connectivity index (χ1v) is 6.78. The molecule has 0 aromatic heterocycles. The lowest BCUT2D eigenvalue weighted by molar-refractivity contribution is -0.124. The molecule has 0 spiro atoms. The summed E-state index contributed by atoms with van der Waals surface area (Å²) in [5.74, 6) is 2.81. The maximum atomic E-state index is 12.1. The van der Waals surface area contributed by atoms with Gasteiger partial charge >= 0.3 is 0 Å². The number of carbonyl (C=O) groups excluding carboxylic acids is 1. The molecule has 2 saturated carbocycles.